The number of piperidine rings is 1. The summed E-state index contributed by atoms with van der Waals surface area (Å²) < 4.78 is 0. The zero-order valence-corrected chi connectivity index (χ0v) is 13.2. The van der Waals surface area contributed by atoms with Crippen LogP contribution in [0.4, 0.5) is 0 Å². The van der Waals surface area contributed by atoms with Gasteiger partial charge in [-0.25, -0.2) is 0 Å². The summed E-state index contributed by atoms with van der Waals surface area (Å²) in [7, 11) is 0. The van der Waals surface area contributed by atoms with Crippen molar-refractivity contribution in [3.05, 3.63) is 0 Å². The van der Waals surface area contributed by atoms with Crippen LogP contribution in [0.2, 0.25) is 0 Å². The van der Waals surface area contributed by atoms with Crippen LogP contribution in [0, 0.1) is 11.8 Å². The minimum absolute atomic E-state index is 0.823. The van der Waals surface area contributed by atoms with E-state index < -0.39 is 0 Å². The van der Waals surface area contributed by atoms with E-state index in [0.29, 0.717) is 0 Å². The lowest BCUT2D eigenvalue weighted by atomic mass is 9.89. The zero-order chi connectivity index (χ0) is 13.5. The summed E-state index contributed by atoms with van der Waals surface area (Å²) in [6, 6.07) is 0.823. The molecule has 0 aromatic rings. The molecule has 0 radical (unpaired) electrons. The highest BCUT2D eigenvalue weighted by molar-refractivity contribution is 4.75. The molecular formula is C17H34N2. The Hall–Kier alpha value is -0.0800. The van der Waals surface area contributed by atoms with Crippen molar-refractivity contribution < 1.29 is 0 Å². The number of nitrogens with one attached hydrogen (secondary N) is 1. The van der Waals surface area contributed by atoms with Crippen molar-refractivity contribution in [2.45, 2.75) is 71.3 Å². The number of hydrogen-bond donors (Lipinski definition) is 1. The molecule has 0 bridgehead atoms. The molecule has 2 nitrogen and oxygen atoms in total. The van der Waals surface area contributed by atoms with Crippen LogP contribution in [-0.4, -0.2) is 37.1 Å². The standard InChI is InChI=1S/C17H34N2/c1-15(2)16-7-5-12-19(14-10-16)13-6-9-17-8-3-4-11-18-17/h15-18H,3-14H2,1-2H3. The Morgan fingerprint density at radius 3 is 2.68 bits per heavy atom. The zero-order valence-electron chi connectivity index (χ0n) is 13.2. The molecule has 2 heterocycles. The molecule has 0 aromatic carbocycles. The molecule has 0 spiro atoms. The Labute approximate surface area is 120 Å². The van der Waals surface area contributed by atoms with Crippen molar-refractivity contribution >= 4 is 0 Å². The van der Waals surface area contributed by atoms with Crippen LogP contribution in [0.5, 0.6) is 0 Å². The van der Waals surface area contributed by atoms with Gasteiger partial charge in [-0.1, -0.05) is 20.3 Å². The molecule has 112 valence electrons. The van der Waals surface area contributed by atoms with Crippen LogP contribution in [-0.2, 0) is 0 Å². The third-order valence-electron chi connectivity index (χ3n) is 5.25. The molecule has 2 saturated heterocycles. The molecule has 2 atom stereocenters. The normalized spacial score (nSPS) is 30.5. The largest absolute Gasteiger partial charge is 0.314 e. The lowest BCUT2D eigenvalue weighted by Crippen LogP contribution is -2.35. The Morgan fingerprint density at radius 2 is 1.95 bits per heavy atom. The van der Waals surface area contributed by atoms with Crippen LogP contribution in [0.1, 0.15) is 65.2 Å². The van der Waals surface area contributed by atoms with Gasteiger partial charge in [-0.2, -0.15) is 0 Å². The van der Waals surface area contributed by atoms with Crippen molar-refractivity contribution in [2.24, 2.45) is 11.8 Å². The van der Waals surface area contributed by atoms with Crippen molar-refractivity contribution in [2.75, 3.05) is 26.2 Å². The third kappa shape index (κ3) is 5.43. The second kappa shape index (κ2) is 8.26. The summed E-state index contributed by atoms with van der Waals surface area (Å²) in [6.07, 6.45) is 11.3. The Bertz CT molecular complexity index is 233. The van der Waals surface area contributed by atoms with Gasteiger partial charge >= 0.3 is 0 Å². The molecule has 2 unspecified atom stereocenters. The number of likely N-dealkylation sites (tertiary alicyclic amines) is 1. The van der Waals surface area contributed by atoms with E-state index in [-0.39, 0.29) is 0 Å². The summed E-state index contributed by atoms with van der Waals surface area (Å²) in [5, 5.41) is 3.67. The van der Waals surface area contributed by atoms with E-state index in [2.05, 4.69) is 24.1 Å². The number of nitrogens with zero attached hydrogens (tertiary/aromatic N) is 1. The van der Waals surface area contributed by atoms with Crippen molar-refractivity contribution in [3.63, 3.8) is 0 Å². The predicted molar refractivity (Wildman–Crippen MR) is 83.5 cm³/mol. The molecule has 2 aliphatic rings. The molecule has 2 rings (SSSR count). The second-order valence-electron chi connectivity index (χ2n) is 7.07. The van der Waals surface area contributed by atoms with Crippen LogP contribution >= 0.6 is 0 Å². The second-order valence-corrected chi connectivity index (χ2v) is 7.07. The van der Waals surface area contributed by atoms with Crippen molar-refractivity contribution in [1.29, 1.82) is 0 Å². The minimum atomic E-state index is 0.823. The predicted octanol–water partition coefficient (Wildman–Crippen LogP) is 3.67. The molecule has 0 saturated carbocycles. The van der Waals surface area contributed by atoms with E-state index in [1.54, 1.807) is 0 Å². The molecule has 2 heteroatoms. The van der Waals surface area contributed by atoms with Crippen LogP contribution in [0.3, 0.4) is 0 Å². The van der Waals surface area contributed by atoms with Gasteiger partial charge in [0, 0.05) is 6.04 Å². The van der Waals surface area contributed by atoms with Gasteiger partial charge in [0.15, 0.2) is 0 Å². The fourth-order valence-corrected chi connectivity index (χ4v) is 3.80. The van der Waals surface area contributed by atoms with Gasteiger partial charge in [-0.05, 0) is 83.0 Å². The highest BCUT2D eigenvalue weighted by Gasteiger charge is 2.19. The first-order chi connectivity index (χ1) is 9.25. The first-order valence-electron chi connectivity index (χ1n) is 8.71. The van der Waals surface area contributed by atoms with Gasteiger partial charge < -0.3 is 10.2 Å². The van der Waals surface area contributed by atoms with E-state index in [9.17, 15) is 0 Å². The molecule has 0 aromatic heterocycles. The van der Waals surface area contributed by atoms with Gasteiger partial charge in [-0.15, -0.1) is 0 Å². The monoisotopic (exact) mass is 266 g/mol. The summed E-state index contributed by atoms with van der Waals surface area (Å²) in [5.74, 6) is 1.86. The summed E-state index contributed by atoms with van der Waals surface area (Å²) in [6.45, 7) is 10.1. The van der Waals surface area contributed by atoms with E-state index in [1.165, 1.54) is 77.5 Å². The van der Waals surface area contributed by atoms with Crippen LogP contribution in [0.25, 0.3) is 0 Å². The Kier molecular flexibility index (Phi) is 6.66. The average molecular weight is 266 g/mol. The molecule has 2 fully saturated rings. The SMILES string of the molecule is CC(C)C1CCCN(CCCC2CCCCN2)CC1. The fraction of sp³-hybridized carbons (Fsp3) is 1.00. The first-order valence-corrected chi connectivity index (χ1v) is 8.71. The Morgan fingerprint density at radius 1 is 1.05 bits per heavy atom. The summed E-state index contributed by atoms with van der Waals surface area (Å²) in [5.41, 5.74) is 0. The van der Waals surface area contributed by atoms with Gasteiger partial charge in [0.05, 0.1) is 0 Å². The van der Waals surface area contributed by atoms with E-state index in [4.69, 9.17) is 0 Å². The molecule has 0 aliphatic carbocycles. The average Bonchev–Trinajstić information content (AvgIpc) is 2.66. The van der Waals surface area contributed by atoms with Crippen molar-refractivity contribution in [1.82, 2.24) is 10.2 Å². The smallest absolute Gasteiger partial charge is 0.00675 e. The molecular weight excluding hydrogens is 232 g/mol. The lowest BCUT2D eigenvalue weighted by molar-refractivity contribution is 0.257. The van der Waals surface area contributed by atoms with E-state index in [1.807, 2.05) is 0 Å². The lowest BCUT2D eigenvalue weighted by Gasteiger charge is -2.25. The molecule has 0 amide bonds. The first kappa shape index (κ1) is 15.3. The number of hydrogen-bond acceptors (Lipinski definition) is 2. The molecule has 2 aliphatic heterocycles. The highest BCUT2D eigenvalue weighted by Crippen LogP contribution is 2.24. The van der Waals surface area contributed by atoms with Gasteiger partial charge in [0.1, 0.15) is 0 Å². The van der Waals surface area contributed by atoms with Gasteiger partial charge in [0.25, 0.3) is 0 Å². The van der Waals surface area contributed by atoms with Gasteiger partial charge in [-0.3, -0.25) is 0 Å². The fourth-order valence-electron chi connectivity index (χ4n) is 3.80. The maximum atomic E-state index is 3.67. The van der Waals surface area contributed by atoms with Crippen LogP contribution in [0.15, 0.2) is 0 Å². The number of rotatable bonds is 5. The highest BCUT2D eigenvalue weighted by atomic mass is 15.1. The van der Waals surface area contributed by atoms with Crippen LogP contribution < -0.4 is 5.32 Å². The quantitative estimate of drug-likeness (QED) is 0.817. The topological polar surface area (TPSA) is 15.3 Å². The third-order valence-corrected chi connectivity index (χ3v) is 5.25. The maximum Gasteiger partial charge on any atom is 0.00675 e. The van der Waals surface area contributed by atoms with Gasteiger partial charge in [0.2, 0.25) is 0 Å². The van der Waals surface area contributed by atoms with E-state index >= 15 is 0 Å². The summed E-state index contributed by atoms with van der Waals surface area (Å²) >= 11 is 0. The van der Waals surface area contributed by atoms with E-state index in [0.717, 1.165) is 17.9 Å². The van der Waals surface area contributed by atoms with Crippen molar-refractivity contribution in [3.8, 4) is 0 Å². The minimum Gasteiger partial charge on any atom is -0.314 e. The molecule has 1 N–H and O–H groups in total. The molecule has 19 heavy (non-hydrogen) atoms. The maximum absolute atomic E-state index is 3.67. The Balaban J connectivity index is 1.60. The summed E-state index contributed by atoms with van der Waals surface area (Å²) in [4.78, 5) is 2.73.